The Hall–Kier alpha value is -0.830. The van der Waals surface area contributed by atoms with Crippen LogP contribution in [-0.4, -0.2) is 15.6 Å². The van der Waals surface area contributed by atoms with E-state index in [4.69, 9.17) is 0 Å². The van der Waals surface area contributed by atoms with Gasteiger partial charge in [0.15, 0.2) is 0 Å². The van der Waals surface area contributed by atoms with Crippen LogP contribution in [0.5, 0.6) is 0 Å². The van der Waals surface area contributed by atoms with Gasteiger partial charge in [0.25, 0.3) is 0 Å². The number of hydrogen-bond donors (Lipinski definition) is 1. The Morgan fingerprint density at radius 3 is 2.94 bits per heavy atom. The third kappa shape index (κ3) is 3.84. The van der Waals surface area contributed by atoms with Crippen LogP contribution in [0, 0.1) is 11.8 Å². The molecule has 18 heavy (non-hydrogen) atoms. The largest absolute Gasteiger partial charge is 0.337 e. The molecule has 3 heteroatoms. The second kappa shape index (κ2) is 6.37. The molecule has 0 saturated heterocycles. The fourth-order valence-corrected chi connectivity index (χ4v) is 3.16. The highest BCUT2D eigenvalue weighted by Crippen LogP contribution is 2.29. The first-order valence-electron chi connectivity index (χ1n) is 7.34. The highest BCUT2D eigenvalue weighted by Gasteiger charge is 2.22. The Kier molecular flexibility index (Phi) is 4.81. The lowest BCUT2D eigenvalue weighted by molar-refractivity contribution is 0.250. The van der Waals surface area contributed by atoms with Crippen LogP contribution in [0.15, 0.2) is 12.4 Å². The third-order valence-electron chi connectivity index (χ3n) is 4.06. The van der Waals surface area contributed by atoms with Gasteiger partial charge in [0, 0.05) is 25.5 Å². The molecule has 1 aliphatic carbocycles. The molecule has 3 nitrogen and oxygen atoms in total. The zero-order valence-electron chi connectivity index (χ0n) is 12.0. The van der Waals surface area contributed by atoms with E-state index in [0.29, 0.717) is 6.04 Å². The van der Waals surface area contributed by atoms with Gasteiger partial charge >= 0.3 is 0 Å². The van der Waals surface area contributed by atoms with Crippen molar-refractivity contribution in [1.29, 1.82) is 0 Å². The van der Waals surface area contributed by atoms with Crippen LogP contribution in [-0.2, 0) is 13.6 Å². The highest BCUT2D eigenvalue weighted by molar-refractivity contribution is 4.91. The van der Waals surface area contributed by atoms with Crippen LogP contribution in [0.4, 0.5) is 0 Å². The Balaban J connectivity index is 1.77. The summed E-state index contributed by atoms with van der Waals surface area (Å²) in [5.41, 5.74) is 0. The minimum atomic E-state index is 0.694. The van der Waals surface area contributed by atoms with Crippen LogP contribution in [0.1, 0.15) is 51.8 Å². The Labute approximate surface area is 111 Å². The second-order valence-corrected chi connectivity index (χ2v) is 6.19. The molecule has 2 rings (SSSR count). The molecule has 1 aromatic heterocycles. The fraction of sp³-hybridized carbons (Fsp3) is 0.800. The Bertz CT molecular complexity index is 356. The predicted octanol–water partition coefficient (Wildman–Crippen LogP) is 3.11. The molecule has 1 heterocycles. The highest BCUT2D eigenvalue weighted by atomic mass is 15.1. The number of aromatic nitrogens is 2. The molecule has 0 amide bonds. The Morgan fingerprint density at radius 2 is 2.28 bits per heavy atom. The van der Waals surface area contributed by atoms with Crippen LogP contribution < -0.4 is 5.32 Å². The van der Waals surface area contributed by atoms with Gasteiger partial charge < -0.3 is 9.88 Å². The summed E-state index contributed by atoms with van der Waals surface area (Å²) in [6.45, 7) is 5.58. The van der Waals surface area contributed by atoms with Gasteiger partial charge in [-0.05, 0) is 31.1 Å². The fourth-order valence-electron chi connectivity index (χ4n) is 3.16. The molecule has 0 spiro atoms. The summed E-state index contributed by atoms with van der Waals surface area (Å²) < 4.78 is 2.10. The normalized spacial score (nSPS) is 24.7. The van der Waals surface area contributed by atoms with Gasteiger partial charge in [0.1, 0.15) is 5.82 Å². The summed E-state index contributed by atoms with van der Waals surface area (Å²) in [6.07, 6.45) is 10.8. The lowest BCUT2D eigenvalue weighted by atomic mass is 9.81. The van der Waals surface area contributed by atoms with E-state index in [-0.39, 0.29) is 0 Å². The summed E-state index contributed by atoms with van der Waals surface area (Å²) in [5, 5.41) is 3.68. The average molecular weight is 249 g/mol. The summed E-state index contributed by atoms with van der Waals surface area (Å²) in [6, 6.07) is 0.694. The van der Waals surface area contributed by atoms with E-state index < -0.39 is 0 Å². The molecular weight excluding hydrogens is 222 g/mol. The van der Waals surface area contributed by atoms with Crippen molar-refractivity contribution in [2.45, 2.75) is 58.5 Å². The van der Waals surface area contributed by atoms with Gasteiger partial charge in [-0.25, -0.2) is 4.98 Å². The van der Waals surface area contributed by atoms with Crippen molar-refractivity contribution in [3.8, 4) is 0 Å². The number of aryl methyl sites for hydroxylation is 1. The van der Waals surface area contributed by atoms with Crippen molar-refractivity contribution < 1.29 is 0 Å². The summed E-state index contributed by atoms with van der Waals surface area (Å²) in [7, 11) is 2.06. The molecule has 1 aromatic rings. The van der Waals surface area contributed by atoms with Gasteiger partial charge in [-0.2, -0.15) is 0 Å². The van der Waals surface area contributed by atoms with Crippen LogP contribution >= 0.6 is 0 Å². The van der Waals surface area contributed by atoms with Gasteiger partial charge in [-0.15, -0.1) is 0 Å². The van der Waals surface area contributed by atoms with Crippen LogP contribution in [0.2, 0.25) is 0 Å². The average Bonchev–Trinajstić information content (AvgIpc) is 2.72. The van der Waals surface area contributed by atoms with Gasteiger partial charge in [-0.1, -0.05) is 26.7 Å². The van der Waals surface area contributed by atoms with E-state index in [1.54, 1.807) is 0 Å². The number of nitrogens with one attached hydrogen (secondary N) is 1. The number of nitrogens with zero attached hydrogens (tertiary/aromatic N) is 2. The van der Waals surface area contributed by atoms with E-state index in [2.05, 4.69) is 35.8 Å². The topological polar surface area (TPSA) is 29.9 Å². The SMILES string of the molecule is CC(C)CC1CCCC(NCc2nccn2C)C1. The van der Waals surface area contributed by atoms with E-state index in [0.717, 1.165) is 24.2 Å². The molecular formula is C15H27N3. The Morgan fingerprint density at radius 1 is 1.44 bits per heavy atom. The minimum Gasteiger partial charge on any atom is -0.337 e. The van der Waals surface area contributed by atoms with Gasteiger partial charge in [0.2, 0.25) is 0 Å². The van der Waals surface area contributed by atoms with Crippen molar-refractivity contribution in [3.63, 3.8) is 0 Å². The van der Waals surface area contributed by atoms with Crippen LogP contribution in [0.3, 0.4) is 0 Å². The molecule has 0 radical (unpaired) electrons. The zero-order valence-corrected chi connectivity index (χ0v) is 12.0. The third-order valence-corrected chi connectivity index (χ3v) is 4.06. The van der Waals surface area contributed by atoms with Gasteiger partial charge in [-0.3, -0.25) is 0 Å². The molecule has 1 fully saturated rings. The number of imidazole rings is 1. The molecule has 0 aliphatic heterocycles. The van der Waals surface area contributed by atoms with Gasteiger partial charge in [0.05, 0.1) is 6.54 Å². The molecule has 1 saturated carbocycles. The van der Waals surface area contributed by atoms with E-state index in [9.17, 15) is 0 Å². The molecule has 2 atom stereocenters. The molecule has 1 aliphatic rings. The monoisotopic (exact) mass is 249 g/mol. The quantitative estimate of drug-likeness (QED) is 0.869. The first kappa shape index (κ1) is 13.6. The standard InChI is InChI=1S/C15H27N3/c1-12(2)9-13-5-4-6-14(10-13)17-11-15-16-7-8-18(15)3/h7-8,12-14,17H,4-6,9-11H2,1-3H3. The zero-order chi connectivity index (χ0) is 13.0. The van der Waals surface area contributed by atoms with Crippen molar-refractivity contribution >= 4 is 0 Å². The molecule has 102 valence electrons. The molecule has 1 N–H and O–H groups in total. The lowest BCUT2D eigenvalue weighted by Gasteiger charge is -2.30. The van der Waals surface area contributed by atoms with E-state index >= 15 is 0 Å². The lowest BCUT2D eigenvalue weighted by Crippen LogP contribution is -2.34. The van der Waals surface area contributed by atoms with Crippen molar-refractivity contribution in [3.05, 3.63) is 18.2 Å². The minimum absolute atomic E-state index is 0.694. The molecule has 2 unspecified atom stereocenters. The maximum Gasteiger partial charge on any atom is 0.122 e. The summed E-state index contributed by atoms with van der Waals surface area (Å²) in [5.74, 6) is 2.90. The summed E-state index contributed by atoms with van der Waals surface area (Å²) >= 11 is 0. The van der Waals surface area contributed by atoms with Crippen LogP contribution in [0.25, 0.3) is 0 Å². The second-order valence-electron chi connectivity index (χ2n) is 6.19. The first-order valence-corrected chi connectivity index (χ1v) is 7.34. The van der Waals surface area contributed by atoms with E-state index in [1.165, 1.54) is 32.1 Å². The molecule has 0 bridgehead atoms. The van der Waals surface area contributed by atoms with E-state index in [1.807, 2.05) is 12.4 Å². The predicted molar refractivity (Wildman–Crippen MR) is 75.2 cm³/mol. The number of rotatable bonds is 5. The molecule has 0 aromatic carbocycles. The summed E-state index contributed by atoms with van der Waals surface area (Å²) in [4.78, 5) is 4.37. The van der Waals surface area contributed by atoms with Crippen molar-refractivity contribution in [1.82, 2.24) is 14.9 Å². The van der Waals surface area contributed by atoms with Crippen molar-refractivity contribution in [2.24, 2.45) is 18.9 Å². The maximum atomic E-state index is 4.37. The van der Waals surface area contributed by atoms with Crippen molar-refractivity contribution in [2.75, 3.05) is 0 Å². The maximum absolute atomic E-state index is 4.37. The number of hydrogen-bond acceptors (Lipinski definition) is 2. The smallest absolute Gasteiger partial charge is 0.122 e. The first-order chi connectivity index (χ1) is 8.65.